The monoisotopic (exact) mass is 347 g/mol. The molecule has 0 bridgehead atoms. The second kappa shape index (κ2) is 8.23. The van der Waals surface area contributed by atoms with Gasteiger partial charge in [0.15, 0.2) is 5.78 Å². The van der Waals surface area contributed by atoms with Crippen LogP contribution in [0, 0.1) is 0 Å². The number of Topliss-reactive ketones (excluding diaryl/α,β-unsaturated/α-hetero) is 1. The van der Waals surface area contributed by atoms with Crippen molar-refractivity contribution in [1.82, 2.24) is 0 Å². The van der Waals surface area contributed by atoms with Crippen molar-refractivity contribution in [2.24, 2.45) is 0 Å². The summed E-state index contributed by atoms with van der Waals surface area (Å²) in [6.45, 7) is 2.07. The first-order valence-electron chi connectivity index (χ1n) is 8.84. The molecule has 0 aromatic heterocycles. The third kappa shape index (κ3) is 3.72. The number of benzene rings is 3. The van der Waals surface area contributed by atoms with Crippen molar-refractivity contribution in [2.45, 2.75) is 19.8 Å². The first-order chi connectivity index (χ1) is 12.3. The average Bonchev–Trinajstić information content (AvgIpc) is 2.68. The molecule has 0 heterocycles. The number of rotatable bonds is 7. The molecular weight excluding hydrogens is 323 g/mol. The van der Waals surface area contributed by atoms with E-state index in [1.165, 1.54) is 15.9 Å². The van der Waals surface area contributed by atoms with Gasteiger partial charge in [-0.25, -0.2) is 0 Å². The Balaban J connectivity index is 2.26. The minimum Gasteiger partial charge on any atom is -0.296 e. The van der Waals surface area contributed by atoms with Gasteiger partial charge in [-0.05, 0) is 42.8 Å². The Morgan fingerprint density at radius 2 is 1.04 bits per heavy atom. The standard InChI is InChI=1S/C23H24OP/c1-2-12-20(24)19-25(21-13-6-3-7-14-21,22-15-8-4-9-16-22)23-17-10-5-11-18-23/h3-11,13-18H,2,12,19H2,1H3/q+1. The Morgan fingerprint density at radius 3 is 1.36 bits per heavy atom. The molecule has 3 aromatic carbocycles. The van der Waals surface area contributed by atoms with E-state index in [1.54, 1.807) is 0 Å². The fraction of sp³-hybridized carbons (Fsp3) is 0.174. The van der Waals surface area contributed by atoms with Crippen LogP contribution in [0.2, 0.25) is 0 Å². The normalized spacial score (nSPS) is 11.2. The van der Waals surface area contributed by atoms with Crippen LogP contribution in [0.25, 0.3) is 0 Å². The van der Waals surface area contributed by atoms with Crippen molar-refractivity contribution in [2.75, 3.05) is 6.16 Å². The maximum atomic E-state index is 12.8. The molecule has 0 atom stereocenters. The maximum Gasteiger partial charge on any atom is 0.171 e. The second-order valence-corrected chi connectivity index (χ2v) is 9.75. The lowest BCUT2D eigenvalue weighted by molar-refractivity contribution is -0.116. The van der Waals surface area contributed by atoms with Gasteiger partial charge in [0.2, 0.25) is 0 Å². The van der Waals surface area contributed by atoms with Crippen LogP contribution in [0.5, 0.6) is 0 Å². The van der Waals surface area contributed by atoms with Gasteiger partial charge in [0.05, 0.1) is 0 Å². The van der Waals surface area contributed by atoms with Gasteiger partial charge in [-0.15, -0.1) is 0 Å². The smallest absolute Gasteiger partial charge is 0.171 e. The fourth-order valence-electron chi connectivity index (χ4n) is 3.39. The summed E-state index contributed by atoms with van der Waals surface area (Å²) in [5.74, 6) is 0.354. The van der Waals surface area contributed by atoms with Crippen molar-refractivity contribution in [3.05, 3.63) is 91.0 Å². The number of carbonyl (C=O) groups excluding carboxylic acids is 1. The number of hydrogen-bond donors (Lipinski definition) is 0. The molecule has 0 aliphatic carbocycles. The molecule has 0 aliphatic heterocycles. The molecule has 25 heavy (non-hydrogen) atoms. The zero-order valence-corrected chi connectivity index (χ0v) is 15.5. The lowest BCUT2D eigenvalue weighted by atomic mass is 10.3. The van der Waals surface area contributed by atoms with E-state index < -0.39 is 7.26 Å². The lowest BCUT2D eigenvalue weighted by Crippen LogP contribution is -2.35. The first kappa shape index (κ1) is 17.6. The van der Waals surface area contributed by atoms with Crippen molar-refractivity contribution >= 4 is 29.0 Å². The fourth-order valence-corrected chi connectivity index (χ4v) is 7.56. The summed E-state index contributed by atoms with van der Waals surface area (Å²) in [7, 11) is -1.99. The zero-order chi connectivity index (χ0) is 17.5. The van der Waals surface area contributed by atoms with Crippen LogP contribution in [0.1, 0.15) is 19.8 Å². The van der Waals surface area contributed by atoms with Crippen LogP contribution < -0.4 is 15.9 Å². The Labute approximate surface area is 151 Å². The van der Waals surface area contributed by atoms with Gasteiger partial charge >= 0.3 is 0 Å². The summed E-state index contributed by atoms with van der Waals surface area (Å²) < 4.78 is 0. The van der Waals surface area contributed by atoms with Gasteiger partial charge in [-0.3, -0.25) is 4.79 Å². The van der Waals surface area contributed by atoms with Crippen LogP contribution in [-0.4, -0.2) is 11.9 Å². The summed E-state index contributed by atoms with van der Waals surface area (Å²) in [4.78, 5) is 12.8. The third-order valence-electron chi connectivity index (χ3n) is 4.53. The molecule has 0 saturated heterocycles. The maximum absolute atomic E-state index is 12.8. The zero-order valence-electron chi connectivity index (χ0n) is 14.6. The summed E-state index contributed by atoms with van der Waals surface area (Å²) >= 11 is 0. The van der Waals surface area contributed by atoms with E-state index in [1.807, 2.05) is 18.2 Å². The van der Waals surface area contributed by atoms with Crippen LogP contribution in [0.3, 0.4) is 0 Å². The highest BCUT2D eigenvalue weighted by molar-refractivity contribution is 7.96. The highest BCUT2D eigenvalue weighted by atomic mass is 31.2. The Bertz CT molecular complexity index is 701. The topological polar surface area (TPSA) is 17.1 Å². The molecule has 1 nitrogen and oxygen atoms in total. The molecule has 0 unspecified atom stereocenters. The molecule has 2 heteroatoms. The van der Waals surface area contributed by atoms with Crippen molar-refractivity contribution < 1.29 is 4.79 Å². The molecule has 0 amide bonds. The molecule has 0 saturated carbocycles. The minimum absolute atomic E-state index is 0.354. The molecule has 0 spiro atoms. The lowest BCUT2D eigenvalue weighted by Gasteiger charge is -2.27. The predicted molar refractivity (Wildman–Crippen MR) is 110 cm³/mol. The molecule has 3 aromatic rings. The van der Waals surface area contributed by atoms with Crippen LogP contribution in [0.15, 0.2) is 91.0 Å². The number of ketones is 1. The largest absolute Gasteiger partial charge is 0.296 e. The predicted octanol–water partition coefficient (Wildman–Crippen LogP) is 4.35. The van der Waals surface area contributed by atoms with Gasteiger partial charge in [-0.2, -0.15) is 0 Å². The van der Waals surface area contributed by atoms with E-state index in [9.17, 15) is 4.79 Å². The van der Waals surface area contributed by atoms with Gasteiger partial charge in [0.25, 0.3) is 0 Å². The average molecular weight is 347 g/mol. The highest BCUT2D eigenvalue weighted by Gasteiger charge is 2.46. The van der Waals surface area contributed by atoms with Gasteiger partial charge in [-0.1, -0.05) is 61.5 Å². The Kier molecular flexibility index (Phi) is 5.79. The summed E-state index contributed by atoms with van der Waals surface area (Å²) in [5.41, 5.74) is 0. The molecule has 0 N–H and O–H groups in total. The van der Waals surface area contributed by atoms with Gasteiger partial charge < -0.3 is 0 Å². The highest BCUT2D eigenvalue weighted by Crippen LogP contribution is 2.55. The number of carbonyl (C=O) groups is 1. The molecule has 0 fully saturated rings. The van der Waals surface area contributed by atoms with Crippen LogP contribution in [0.4, 0.5) is 0 Å². The summed E-state index contributed by atoms with van der Waals surface area (Å²) in [5, 5.41) is 3.82. The van der Waals surface area contributed by atoms with Gasteiger partial charge in [0.1, 0.15) is 29.3 Å². The van der Waals surface area contributed by atoms with Crippen molar-refractivity contribution in [3.8, 4) is 0 Å². The third-order valence-corrected chi connectivity index (χ3v) is 8.90. The minimum atomic E-state index is -1.99. The Hall–Kier alpha value is -2.24. The number of hydrogen-bond acceptors (Lipinski definition) is 1. The van der Waals surface area contributed by atoms with Crippen molar-refractivity contribution in [1.29, 1.82) is 0 Å². The molecule has 0 aliphatic rings. The van der Waals surface area contributed by atoms with E-state index in [2.05, 4.69) is 79.7 Å². The summed E-state index contributed by atoms with van der Waals surface area (Å²) in [6.07, 6.45) is 2.14. The molecule has 126 valence electrons. The molecular formula is C23H24OP+. The van der Waals surface area contributed by atoms with E-state index in [-0.39, 0.29) is 0 Å². The van der Waals surface area contributed by atoms with Crippen LogP contribution >= 0.6 is 7.26 Å². The van der Waals surface area contributed by atoms with Gasteiger partial charge in [0, 0.05) is 6.42 Å². The van der Waals surface area contributed by atoms with E-state index in [4.69, 9.17) is 0 Å². The van der Waals surface area contributed by atoms with E-state index >= 15 is 0 Å². The molecule has 3 rings (SSSR count). The van der Waals surface area contributed by atoms with E-state index in [0.29, 0.717) is 18.4 Å². The molecule has 0 radical (unpaired) electrons. The Morgan fingerprint density at radius 1 is 0.680 bits per heavy atom. The first-order valence-corrected chi connectivity index (χ1v) is 10.8. The quantitative estimate of drug-likeness (QED) is 0.581. The summed E-state index contributed by atoms with van der Waals surface area (Å²) in [6, 6.07) is 31.8. The van der Waals surface area contributed by atoms with E-state index in [0.717, 1.165) is 6.42 Å². The SMILES string of the molecule is CCCC(=O)C[P+](c1ccccc1)(c1ccccc1)c1ccccc1. The second-order valence-electron chi connectivity index (χ2n) is 6.26. The van der Waals surface area contributed by atoms with Crippen molar-refractivity contribution in [3.63, 3.8) is 0 Å². The van der Waals surface area contributed by atoms with Crippen LogP contribution in [-0.2, 0) is 4.79 Å².